The van der Waals surface area contributed by atoms with Gasteiger partial charge in [-0.2, -0.15) is 0 Å². The molecule has 2 fully saturated rings. The lowest BCUT2D eigenvalue weighted by atomic mass is 9.87. The number of pyridine rings is 1. The van der Waals surface area contributed by atoms with Gasteiger partial charge in [-0.05, 0) is 62.4 Å². The molecular formula is C23H29N5O2S. The number of hydrogen-bond donors (Lipinski definition) is 1. The van der Waals surface area contributed by atoms with E-state index >= 15 is 0 Å². The second kappa shape index (κ2) is 7.84. The topological polar surface area (TPSA) is 70.5 Å². The van der Waals surface area contributed by atoms with Gasteiger partial charge in [0.1, 0.15) is 11.5 Å². The van der Waals surface area contributed by atoms with Gasteiger partial charge in [-0.3, -0.25) is 0 Å². The first-order chi connectivity index (χ1) is 14.9. The predicted molar refractivity (Wildman–Crippen MR) is 125 cm³/mol. The Balaban J connectivity index is 1.28. The summed E-state index contributed by atoms with van der Waals surface area (Å²) in [5.74, 6) is 1.03. The molecule has 31 heavy (non-hydrogen) atoms. The van der Waals surface area contributed by atoms with Crippen LogP contribution in [-0.4, -0.2) is 63.5 Å². The Hall–Kier alpha value is -2.58. The third kappa shape index (κ3) is 3.90. The molecule has 1 aliphatic heterocycles. The highest BCUT2D eigenvalue weighted by Crippen LogP contribution is 2.35. The van der Waals surface area contributed by atoms with Gasteiger partial charge in [0.05, 0.1) is 4.90 Å². The molecule has 0 amide bonds. The SMILES string of the molecule is CNC1CC(n2ccc3ccc(N4CCN(c5ccc(S(C)(=O)=O)cc5)CC4)nc32)C1. The maximum Gasteiger partial charge on any atom is 0.175 e. The third-order valence-electron chi connectivity index (χ3n) is 6.70. The zero-order valence-electron chi connectivity index (χ0n) is 18.0. The Bertz CT molecular complexity index is 1170. The van der Waals surface area contributed by atoms with E-state index in [1.54, 1.807) is 12.1 Å². The largest absolute Gasteiger partial charge is 0.368 e. The van der Waals surface area contributed by atoms with Gasteiger partial charge in [0, 0.05) is 61.8 Å². The van der Waals surface area contributed by atoms with Gasteiger partial charge in [-0.15, -0.1) is 0 Å². The first kappa shape index (κ1) is 20.3. The zero-order chi connectivity index (χ0) is 21.6. The minimum Gasteiger partial charge on any atom is -0.368 e. The van der Waals surface area contributed by atoms with Crippen molar-refractivity contribution in [3.8, 4) is 0 Å². The first-order valence-corrected chi connectivity index (χ1v) is 12.8. The van der Waals surface area contributed by atoms with Crippen LogP contribution >= 0.6 is 0 Å². The molecule has 0 spiro atoms. The molecule has 0 atom stereocenters. The molecule has 1 aliphatic carbocycles. The second-order valence-electron chi connectivity index (χ2n) is 8.66. The second-order valence-corrected chi connectivity index (χ2v) is 10.7. The van der Waals surface area contributed by atoms with E-state index in [0.717, 1.165) is 56.2 Å². The molecule has 1 aromatic carbocycles. The number of aromatic nitrogens is 2. The van der Waals surface area contributed by atoms with Crippen LogP contribution in [0.25, 0.3) is 11.0 Å². The van der Waals surface area contributed by atoms with Crippen LogP contribution in [0.3, 0.4) is 0 Å². The molecule has 0 radical (unpaired) electrons. The van der Waals surface area contributed by atoms with Gasteiger partial charge in [0.2, 0.25) is 0 Å². The predicted octanol–water partition coefficient (Wildman–Crippen LogP) is 2.69. The van der Waals surface area contributed by atoms with Crippen LogP contribution < -0.4 is 15.1 Å². The maximum atomic E-state index is 11.7. The normalized spacial score (nSPS) is 22.0. The van der Waals surface area contributed by atoms with Crippen LogP contribution in [0.2, 0.25) is 0 Å². The Morgan fingerprint density at radius 2 is 1.61 bits per heavy atom. The minimum absolute atomic E-state index is 0.364. The van der Waals surface area contributed by atoms with Crippen molar-refractivity contribution in [3.05, 3.63) is 48.7 Å². The van der Waals surface area contributed by atoms with Crippen molar-refractivity contribution in [2.24, 2.45) is 0 Å². The van der Waals surface area contributed by atoms with Crippen molar-refractivity contribution in [1.29, 1.82) is 0 Å². The highest BCUT2D eigenvalue weighted by molar-refractivity contribution is 7.90. The molecule has 5 rings (SSSR count). The molecule has 2 aromatic heterocycles. The number of fused-ring (bicyclic) bond motifs is 1. The Morgan fingerprint density at radius 3 is 2.26 bits per heavy atom. The molecule has 3 aromatic rings. The fraction of sp³-hybridized carbons (Fsp3) is 0.435. The van der Waals surface area contributed by atoms with Crippen molar-refractivity contribution >= 4 is 32.4 Å². The highest BCUT2D eigenvalue weighted by atomic mass is 32.2. The number of sulfone groups is 1. The smallest absolute Gasteiger partial charge is 0.175 e. The number of benzene rings is 1. The van der Waals surface area contributed by atoms with Crippen LogP contribution in [0.4, 0.5) is 11.5 Å². The highest BCUT2D eigenvalue weighted by Gasteiger charge is 2.30. The number of piperazine rings is 1. The fourth-order valence-corrected chi connectivity index (χ4v) is 5.27. The summed E-state index contributed by atoms with van der Waals surface area (Å²) in [6.45, 7) is 3.54. The maximum absolute atomic E-state index is 11.7. The van der Waals surface area contributed by atoms with E-state index in [0.29, 0.717) is 17.0 Å². The standard InChI is InChI=1S/C23H29N5O2S/c1-24-18-15-20(16-18)28-10-9-17-3-8-22(25-23(17)28)27-13-11-26(12-14-27)19-4-6-21(7-5-19)31(2,29)30/h3-10,18,20,24H,11-16H2,1-2H3. The zero-order valence-corrected chi connectivity index (χ0v) is 18.8. The Kier molecular flexibility index (Phi) is 5.14. The molecule has 3 heterocycles. The summed E-state index contributed by atoms with van der Waals surface area (Å²) < 4.78 is 25.7. The van der Waals surface area contributed by atoms with Gasteiger partial charge in [-0.25, -0.2) is 13.4 Å². The number of anilines is 2. The minimum atomic E-state index is -3.16. The molecular weight excluding hydrogens is 410 g/mol. The Morgan fingerprint density at radius 1 is 0.935 bits per heavy atom. The number of nitrogens with one attached hydrogen (secondary N) is 1. The lowest BCUT2D eigenvalue weighted by Crippen LogP contribution is -2.46. The summed E-state index contributed by atoms with van der Waals surface area (Å²) in [5.41, 5.74) is 2.14. The van der Waals surface area contributed by atoms with Gasteiger partial charge < -0.3 is 19.7 Å². The first-order valence-electron chi connectivity index (χ1n) is 10.9. The van der Waals surface area contributed by atoms with E-state index in [1.807, 2.05) is 19.2 Å². The van der Waals surface area contributed by atoms with E-state index < -0.39 is 9.84 Å². The summed E-state index contributed by atoms with van der Waals surface area (Å²) in [7, 11) is -1.13. The fourth-order valence-electron chi connectivity index (χ4n) is 4.64. The van der Waals surface area contributed by atoms with Crippen molar-refractivity contribution < 1.29 is 8.42 Å². The van der Waals surface area contributed by atoms with Crippen molar-refractivity contribution in [3.63, 3.8) is 0 Å². The molecule has 2 aliphatic rings. The van der Waals surface area contributed by atoms with E-state index in [9.17, 15) is 8.42 Å². The lowest BCUT2D eigenvalue weighted by molar-refractivity contribution is 0.240. The van der Waals surface area contributed by atoms with Gasteiger partial charge in [0.15, 0.2) is 9.84 Å². The van der Waals surface area contributed by atoms with Crippen LogP contribution in [0.1, 0.15) is 18.9 Å². The van der Waals surface area contributed by atoms with Crippen LogP contribution in [0.15, 0.2) is 53.6 Å². The lowest BCUT2D eigenvalue weighted by Gasteiger charge is -2.37. The molecule has 1 N–H and O–H groups in total. The number of rotatable bonds is 5. The van der Waals surface area contributed by atoms with Crippen LogP contribution in [-0.2, 0) is 9.84 Å². The summed E-state index contributed by atoms with van der Waals surface area (Å²) in [6, 6.07) is 14.8. The van der Waals surface area contributed by atoms with Crippen molar-refractivity contribution in [2.75, 3.05) is 49.3 Å². The molecule has 0 unspecified atom stereocenters. The summed E-state index contributed by atoms with van der Waals surface area (Å²) >= 11 is 0. The Labute approximate surface area is 183 Å². The van der Waals surface area contributed by atoms with Gasteiger partial charge in [-0.1, -0.05) is 0 Å². The number of nitrogens with zero attached hydrogens (tertiary/aromatic N) is 4. The van der Waals surface area contributed by atoms with Crippen molar-refractivity contribution in [1.82, 2.24) is 14.9 Å². The summed E-state index contributed by atoms with van der Waals surface area (Å²) in [5, 5.41) is 4.55. The van der Waals surface area contributed by atoms with E-state index in [-0.39, 0.29) is 0 Å². The molecule has 1 saturated heterocycles. The molecule has 1 saturated carbocycles. The monoisotopic (exact) mass is 439 g/mol. The van der Waals surface area contributed by atoms with Gasteiger partial charge in [0.25, 0.3) is 0 Å². The number of hydrogen-bond acceptors (Lipinski definition) is 6. The van der Waals surface area contributed by atoms with Gasteiger partial charge >= 0.3 is 0 Å². The summed E-state index contributed by atoms with van der Waals surface area (Å²) in [4.78, 5) is 10.0. The van der Waals surface area contributed by atoms with Crippen LogP contribution in [0.5, 0.6) is 0 Å². The van der Waals surface area contributed by atoms with Crippen molar-refractivity contribution in [2.45, 2.75) is 29.8 Å². The van der Waals surface area contributed by atoms with Crippen LogP contribution in [0, 0.1) is 0 Å². The molecule has 0 bridgehead atoms. The average molecular weight is 440 g/mol. The third-order valence-corrected chi connectivity index (χ3v) is 7.83. The molecule has 7 nitrogen and oxygen atoms in total. The van der Waals surface area contributed by atoms with E-state index in [1.165, 1.54) is 11.6 Å². The molecule has 164 valence electrons. The average Bonchev–Trinajstić information content (AvgIpc) is 3.16. The summed E-state index contributed by atoms with van der Waals surface area (Å²) in [6.07, 6.45) is 5.73. The quantitative estimate of drug-likeness (QED) is 0.659. The molecule has 8 heteroatoms. The van der Waals surface area contributed by atoms with E-state index in [2.05, 4.69) is 44.1 Å². The van der Waals surface area contributed by atoms with E-state index in [4.69, 9.17) is 4.98 Å².